The Hall–Kier alpha value is -2.37. The van der Waals surface area contributed by atoms with E-state index in [1.807, 2.05) is 104 Å². The molecular formula is C41H70O9. The van der Waals surface area contributed by atoms with Crippen LogP contribution in [-0.4, -0.2) is 93.6 Å². The Morgan fingerprint density at radius 1 is 0.620 bits per heavy atom. The van der Waals surface area contributed by atoms with Crippen LogP contribution in [-0.2, 0) is 14.3 Å². The number of carboxylic acids is 1. The van der Waals surface area contributed by atoms with Gasteiger partial charge in [0.25, 0.3) is 0 Å². The van der Waals surface area contributed by atoms with E-state index in [4.69, 9.17) is 14.6 Å². The van der Waals surface area contributed by atoms with Crippen LogP contribution in [0.5, 0.6) is 0 Å². The minimum absolute atomic E-state index is 0.000612. The van der Waals surface area contributed by atoms with Crippen LogP contribution in [0.4, 0.5) is 0 Å². The number of aliphatic hydroxyl groups is 5. The maximum absolute atomic E-state index is 11.1. The van der Waals surface area contributed by atoms with E-state index in [1.54, 1.807) is 25.3 Å². The molecule has 0 fully saturated rings. The van der Waals surface area contributed by atoms with Crippen molar-refractivity contribution in [3.05, 3.63) is 72.4 Å². The Balaban J connectivity index is 4.88. The number of carboxylic acid groups (broad SMARTS) is 1. The molecule has 0 saturated carbocycles. The number of rotatable bonds is 26. The topological polar surface area (TPSA) is 157 Å². The second-order valence-corrected chi connectivity index (χ2v) is 14.2. The minimum Gasteiger partial charge on any atom is -0.481 e. The van der Waals surface area contributed by atoms with Gasteiger partial charge in [-0.05, 0) is 51.4 Å². The van der Waals surface area contributed by atoms with Gasteiger partial charge in [0.15, 0.2) is 0 Å². The van der Waals surface area contributed by atoms with Crippen LogP contribution in [0.1, 0.15) is 87.5 Å². The van der Waals surface area contributed by atoms with Crippen LogP contribution in [0.2, 0.25) is 0 Å². The second-order valence-electron chi connectivity index (χ2n) is 14.2. The molecule has 6 N–H and O–H groups in total. The van der Waals surface area contributed by atoms with E-state index < -0.39 is 48.7 Å². The summed E-state index contributed by atoms with van der Waals surface area (Å²) in [6.07, 6.45) is 17.6. The molecule has 9 heteroatoms. The van der Waals surface area contributed by atoms with E-state index in [1.165, 1.54) is 12.7 Å². The molecule has 0 heterocycles. The average Bonchev–Trinajstić information content (AvgIpc) is 3.10. The summed E-state index contributed by atoms with van der Waals surface area (Å²) in [6.45, 7) is 15.4. The molecule has 0 radical (unpaired) electrons. The van der Waals surface area contributed by atoms with Crippen LogP contribution in [0.25, 0.3) is 0 Å². The van der Waals surface area contributed by atoms with Gasteiger partial charge in [-0.1, -0.05) is 114 Å². The van der Waals surface area contributed by atoms with Crippen molar-refractivity contribution in [3.63, 3.8) is 0 Å². The third kappa shape index (κ3) is 18.7. The van der Waals surface area contributed by atoms with Crippen molar-refractivity contribution in [3.8, 4) is 0 Å². The summed E-state index contributed by atoms with van der Waals surface area (Å²) in [5, 5.41) is 63.7. The summed E-state index contributed by atoms with van der Waals surface area (Å²) in [4.78, 5) is 10.8. The highest BCUT2D eigenvalue weighted by Gasteiger charge is 2.35. The third-order valence-electron chi connectivity index (χ3n) is 10.1. The first kappa shape index (κ1) is 47.6. The molecule has 0 aromatic carbocycles. The lowest BCUT2D eigenvalue weighted by atomic mass is 9.79. The molecule has 0 spiro atoms. The minimum atomic E-state index is -0.918. The standard InChI is InChI=1S/C41H70O9/c1-11-27(2)24-30(5)40(47)33(8)41(48)31(6)36(50-10)25-34(42)23-22-29(4)39(46)32(7)38(45)28(3)20-18-16-14-12-13-15-17-19-21-35(49-9)26-37(43)44/h11-21,28-36,38-42,45-48H,22-26H2,1-10H3,(H,43,44). The Kier molecular flexibility index (Phi) is 25.2. The maximum Gasteiger partial charge on any atom is 0.306 e. The lowest BCUT2D eigenvalue weighted by Crippen LogP contribution is -2.42. The van der Waals surface area contributed by atoms with Gasteiger partial charge in [0.05, 0.1) is 49.1 Å². The summed E-state index contributed by atoms with van der Waals surface area (Å²) in [5.74, 6) is -2.32. The third-order valence-corrected chi connectivity index (χ3v) is 10.1. The van der Waals surface area contributed by atoms with Crippen molar-refractivity contribution >= 4 is 5.97 Å². The van der Waals surface area contributed by atoms with Crippen LogP contribution in [0, 0.1) is 35.5 Å². The highest BCUT2D eigenvalue weighted by atomic mass is 16.5. The van der Waals surface area contributed by atoms with E-state index in [9.17, 15) is 30.3 Å². The zero-order valence-corrected chi connectivity index (χ0v) is 32.3. The molecule has 288 valence electrons. The normalized spacial score (nSPS) is 21.3. The predicted octanol–water partition coefficient (Wildman–Crippen LogP) is 6.42. The quantitative estimate of drug-likeness (QED) is 0.0441. The highest BCUT2D eigenvalue weighted by molar-refractivity contribution is 5.67. The molecule has 0 aromatic rings. The van der Waals surface area contributed by atoms with Gasteiger partial charge in [-0.25, -0.2) is 0 Å². The van der Waals surface area contributed by atoms with Crippen molar-refractivity contribution in [1.29, 1.82) is 0 Å². The molecule has 0 saturated heterocycles. The van der Waals surface area contributed by atoms with Crippen molar-refractivity contribution in [1.82, 2.24) is 0 Å². The van der Waals surface area contributed by atoms with Gasteiger partial charge in [-0.15, -0.1) is 0 Å². The fourth-order valence-electron chi connectivity index (χ4n) is 6.23. The fourth-order valence-corrected chi connectivity index (χ4v) is 6.23. The smallest absolute Gasteiger partial charge is 0.306 e. The molecule has 13 atom stereocenters. The van der Waals surface area contributed by atoms with Crippen molar-refractivity contribution < 1.29 is 44.9 Å². The molecule has 0 amide bonds. The first-order valence-electron chi connectivity index (χ1n) is 18.2. The molecule has 9 nitrogen and oxygen atoms in total. The van der Waals surface area contributed by atoms with Crippen LogP contribution in [0.3, 0.4) is 0 Å². The largest absolute Gasteiger partial charge is 0.481 e. The molecule has 50 heavy (non-hydrogen) atoms. The molecule has 0 bridgehead atoms. The van der Waals surface area contributed by atoms with Gasteiger partial charge in [-0.2, -0.15) is 0 Å². The molecule has 0 aliphatic carbocycles. The number of hydrogen-bond donors (Lipinski definition) is 6. The maximum atomic E-state index is 11.1. The fraction of sp³-hybridized carbons (Fsp3) is 0.683. The number of aliphatic hydroxyl groups excluding tert-OH is 5. The summed E-state index contributed by atoms with van der Waals surface area (Å²) in [5.41, 5.74) is 1.20. The van der Waals surface area contributed by atoms with Crippen molar-refractivity contribution in [2.75, 3.05) is 14.2 Å². The molecule has 13 unspecified atom stereocenters. The Morgan fingerprint density at radius 2 is 1.12 bits per heavy atom. The number of ether oxygens (including phenoxy) is 2. The molecule has 0 aliphatic heterocycles. The van der Waals surface area contributed by atoms with Crippen molar-refractivity contribution in [2.24, 2.45) is 35.5 Å². The van der Waals surface area contributed by atoms with E-state index in [2.05, 4.69) is 0 Å². The molecule has 0 aliphatic rings. The average molecular weight is 707 g/mol. The SMILES string of the molecule is CC=C(C)CC(C)C(O)C(C)C(O)C(C)C(CC(O)CCC(C)C(O)C(C)C(O)C(C)C=CC=CC=CC=CC=CC(CC(=O)O)OC)OC. The van der Waals surface area contributed by atoms with Gasteiger partial charge < -0.3 is 40.1 Å². The monoisotopic (exact) mass is 707 g/mol. The number of aliphatic carboxylic acids is 1. The van der Waals surface area contributed by atoms with Crippen LogP contribution in [0.15, 0.2) is 72.4 Å². The zero-order valence-electron chi connectivity index (χ0n) is 32.3. The predicted molar refractivity (Wildman–Crippen MR) is 202 cm³/mol. The lowest BCUT2D eigenvalue weighted by molar-refractivity contribution is -0.139. The highest BCUT2D eigenvalue weighted by Crippen LogP contribution is 2.30. The summed E-state index contributed by atoms with van der Waals surface area (Å²) in [7, 11) is 3.04. The first-order chi connectivity index (χ1) is 23.5. The van der Waals surface area contributed by atoms with E-state index in [0.717, 1.165) is 6.42 Å². The summed E-state index contributed by atoms with van der Waals surface area (Å²) < 4.78 is 10.8. The van der Waals surface area contributed by atoms with Crippen LogP contribution >= 0.6 is 0 Å². The molecular weight excluding hydrogens is 636 g/mol. The van der Waals surface area contributed by atoms with Gasteiger partial charge in [0.1, 0.15) is 0 Å². The van der Waals surface area contributed by atoms with E-state index in [0.29, 0.717) is 19.3 Å². The number of methoxy groups -OCH3 is 2. The second kappa shape index (κ2) is 26.4. The number of hydrogen-bond acceptors (Lipinski definition) is 8. The molecule has 0 aromatic heterocycles. The van der Waals surface area contributed by atoms with Crippen molar-refractivity contribution in [2.45, 2.75) is 130 Å². The van der Waals surface area contributed by atoms with Gasteiger partial charge in [0, 0.05) is 37.9 Å². The van der Waals surface area contributed by atoms with Crippen LogP contribution < -0.4 is 0 Å². The summed E-state index contributed by atoms with van der Waals surface area (Å²) in [6, 6.07) is 0. The molecule has 0 rings (SSSR count). The Morgan fingerprint density at radius 3 is 1.62 bits per heavy atom. The Labute approximate surface area is 302 Å². The van der Waals surface area contributed by atoms with Gasteiger partial charge in [-0.3, -0.25) is 4.79 Å². The summed E-state index contributed by atoms with van der Waals surface area (Å²) >= 11 is 0. The zero-order chi connectivity index (χ0) is 38.4. The van der Waals surface area contributed by atoms with Gasteiger partial charge >= 0.3 is 5.97 Å². The number of allylic oxidation sites excluding steroid dienone is 10. The van der Waals surface area contributed by atoms with E-state index >= 15 is 0 Å². The first-order valence-corrected chi connectivity index (χ1v) is 18.2. The Bertz CT molecular complexity index is 1090. The number of carbonyl (C=O) groups is 1. The van der Waals surface area contributed by atoms with E-state index in [-0.39, 0.29) is 41.9 Å². The van der Waals surface area contributed by atoms with Gasteiger partial charge in [0.2, 0.25) is 0 Å². The lowest BCUT2D eigenvalue weighted by Gasteiger charge is -2.35.